The molecule has 0 aliphatic carbocycles. The highest BCUT2D eigenvalue weighted by molar-refractivity contribution is 5.93. The van der Waals surface area contributed by atoms with Crippen LogP contribution >= 0.6 is 0 Å². The van der Waals surface area contributed by atoms with Gasteiger partial charge < -0.3 is 9.80 Å². The number of aromatic nitrogens is 4. The average molecular weight is 324 g/mol. The van der Waals surface area contributed by atoms with Gasteiger partial charge in [0.25, 0.3) is 5.91 Å². The highest BCUT2D eigenvalue weighted by atomic mass is 16.2. The third-order valence-electron chi connectivity index (χ3n) is 5.22. The van der Waals surface area contributed by atoms with E-state index in [-0.39, 0.29) is 11.3 Å². The van der Waals surface area contributed by atoms with Gasteiger partial charge in [0, 0.05) is 38.6 Å². The summed E-state index contributed by atoms with van der Waals surface area (Å²) >= 11 is 0. The number of likely N-dealkylation sites (tertiary alicyclic amines) is 1. The Hall–Kier alpha value is -2.57. The normalized spacial score (nSPS) is 19.7. The van der Waals surface area contributed by atoms with Gasteiger partial charge in [0.2, 0.25) is 5.95 Å². The van der Waals surface area contributed by atoms with Crippen LogP contribution in [0.3, 0.4) is 0 Å². The molecule has 7 nitrogen and oxygen atoms in total. The lowest BCUT2D eigenvalue weighted by Crippen LogP contribution is -2.44. The van der Waals surface area contributed by atoms with Gasteiger partial charge in [-0.2, -0.15) is 10.2 Å². The number of amides is 1. The molecule has 7 heteroatoms. The van der Waals surface area contributed by atoms with E-state index < -0.39 is 0 Å². The molecule has 4 heterocycles. The summed E-state index contributed by atoms with van der Waals surface area (Å²) in [6.45, 7) is 3.57. The molecule has 1 spiro atoms. The van der Waals surface area contributed by atoms with Gasteiger partial charge in [-0.15, -0.1) is 0 Å². The summed E-state index contributed by atoms with van der Waals surface area (Å²) < 4.78 is 0. The van der Waals surface area contributed by atoms with Crippen LogP contribution in [-0.4, -0.2) is 57.2 Å². The first-order chi connectivity index (χ1) is 11.8. The minimum absolute atomic E-state index is 0.0565. The van der Waals surface area contributed by atoms with E-state index in [0.29, 0.717) is 5.56 Å². The fourth-order valence-corrected chi connectivity index (χ4v) is 3.75. The molecule has 2 aliphatic rings. The van der Waals surface area contributed by atoms with E-state index in [2.05, 4.69) is 25.1 Å². The molecule has 0 bridgehead atoms. The van der Waals surface area contributed by atoms with Gasteiger partial charge >= 0.3 is 0 Å². The Kier molecular flexibility index (Phi) is 3.84. The number of carbonyl (C=O) groups excluding carboxylic acids is 1. The van der Waals surface area contributed by atoms with Crippen molar-refractivity contribution < 1.29 is 4.79 Å². The molecule has 2 fully saturated rings. The van der Waals surface area contributed by atoms with E-state index >= 15 is 0 Å². The second kappa shape index (κ2) is 6.14. The molecule has 124 valence electrons. The summed E-state index contributed by atoms with van der Waals surface area (Å²) in [6, 6.07) is 3.57. The Bertz CT molecular complexity index is 700. The highest BCUT2D eigenvalue weighted by Gasteiger charge is 2.42. The second-order valence-corrected chi connectivity index (χ2v) is 6.64. The lowest BCUT2D eigenvalue weighted by atomic mass is 9.77. The highest BCUT2D eigenvalue weighted by Crippen LogP contribution is 2.41. The Morgan fingerprint density at radius 2 is 1.75 bits per heavy atom. The van der Waals surface area contributed by atoms with Crippen LogP contribution in [0.2, 0.25) is 0 Å². The maximum absolute atomic E-state index is 12.5. The predicted octanol–water partition coefficient (Wildman–Crippen LogP) is 1.40. The SMILES string of the molecule is O=C(c1ccnnc1)N1CCC2(CC1)CCN(c1ncccn1)C2. The maximum Gasteiger partial charge on any atom is 0.255 e. The van der Waals surface area contributed by atoms with Gasteiger partial charge in [0.15, 0.2) is 0 Å². The smallest absolute Gasteiger partial charge is 0.255 e. The molecule has 2 aliphatic heterocycles. The van der Waals surface area contributed by atoms with Crippen molar-refractivity contribution >= 4 is 11.9 Å². The van der Waals surface area contributed by atoms with Crippen molar-refractivity contribution in [1.29, 1.82) is 0 Å². The predicted molar refractivity (Wildman–Crippen MR) is 88.5 cm³/mol. The minimum atomic E-state index is 0.0565. The van der Waals surface area contributed by atoms with Crippen molar-refractivity contribution in [2.75, 3.05) is 31.1 Å². The van der Waals surface area contributed by atoms with E-state index in [9.17, 15) is 4.79 Å². The van der Waals surface area contributed by atoms with Crippen LogP contribution in [0.4, 0.5) is 5.95 Å². The fraction of sp³-hybridized carbons (Fsp3) is 0.471. The zero-order valence-electron chi connectivity index (χ0n) is 13.5. The van der Waals surface area contributed by atoms with E-state index in [1.54, 1.807) is 24.7 Å². The Labute approximate surface area is 140 Å². The molecule has 4 rings (SSSR count). The zero-order chi connectivity index (χ0) is 16.4. The molecule has 1 amide bonds. The summed E-state index contributed by atoms with van der Waals surface area (Å²) in [5.74, 6) is 0.872. The molecular weight excluding hydrogens is 304 g/mol. The van der Waals surface area contributed by atoms with Crippen molar-refractivity contribution in [2.24, 2.45) is 5.41 Å². The minimum Gasteiger partial charge on any atom is -0.340 e. The number of piperidine rings is 1. The van der Waals surface area contributed by atoms with Crippen LogP contribution in [0.25, 0.3) is 0 Å². The summed E-state index contributed by atoms with van der Waals surface area (Å²) in [6.07, 6.45) is 9.88. The van der Waals surface area contributed by atoms with Gasteiger partial charge in [-0.3, -0.25) is 4.79 Å². The number of hydrogen-bond donors (Lipinski definition) is 0. The molecule has 24 heavy (non-hydrogen) atoms. The molecule has 0 atom stereocenters. The number of anilines is 1. The van der Waals surface area contributed by atoms with Gasteiger partial charge in [-0.1, -0.05) is 0 Å². The number of carbonyl (C=O) groups is 1. The van der Waals surface area contributed by atoms with Crippen molar-refractivity contribution in [2.45, 2.75) is 19.3 Å². The van der Waals surface area contributed by atoms with Gasteiger partial charge in [-0.05, 0) is 36.8 Å². The van der Waals surface area contributed by atoms with Crippen LogP contribution in [0.15, 0.2) is 36.9 Å². The molecule has 0 N–H and O–H groups in total. The Morgan fingerprint density at radius 1 is 1.00 bits per heavy atom. The maximum atomic E-state index is 12.5. The lowest BCUT2D eigenvalue weighted by molar-refractivity contribution is 0.0609. The average Bonchev–Trinajstić information content (AvgIpc) is 3.07. The summed E-state index contributed by atoms with van der Waals surface area (Å²) in [5.41, 5.74) is 0.902. The van der Waals surface area contributed by atoms with Crippen LogP contribution in [-0.2, 0) is 0 Å². The monoisotopic (exact) mass is 324 g/mol. The van der Waals surface area contributed by atoms with Crippen LogP contribution in [0.1, 0.15) is 29.6 Å². The number of nitrogens with zero attached hydrogens (tertiary/aromatic N) is 6. The van der Waals surface area contributed by atoms with Crippen molar-refractivity contribution in [3.63, 3.8) is 0 Å². The van der Waals surface area contributed by atoms with Crippen molar-refractivity contribution in [3.05, 3.63) is 42.5 Å². The molecule has 2 saturated heterocycles. The first-order valence-electron chi connectivity index (χ1n) is 8.34. The molecule has 2 aromatic heterocycles. The second-order valence-electron chi connectivity index (χ2n) is 6.64. The van der Waals surface area contributed by atoms with Gasteiger partial charge in [0.05, 0.1) is 18.0 Å². The number of hydrogen-bond acceptors (Lipinski definition) is 6. The van der Waals surface area contributed by atoms with Crippen molar-refractivity contribution in [3.8, 4) is 0 Å². The lowest BCUT2D eigenvalue weighted by Gasteiger charge is -2.39. The third kappa shape index (κ3) is 2.81. The van der Waals surface area contributed by atoms with Crippen LogP contribution < -0.4 is 4.90 Å². The van der Waals surface area contributed by atoms with Gasteiger partial charge in [-0.25, -0.2) is 9.97 Å². The van der Waals surface area contributed by atoms with Gasteiger partial charge in [0.1, 0.15) is 0 Å². The Morgan fingerprint density at radius 3 is 2.46 bits per heavy atom. The summed E-state index contributed by atoms with van der Waals surface area (Å²) in [5, 5.41) is 7.53. The number of rotatable bonds is 2. The molecule has 0 saturated carbocycles. The molecule has 0 aromatic carbocycles. The van der Waals surface area contributed by atoms with Crippen LogP contribution in [0, 0.1) is 5.41 Å². The molecule has 2 aromatic rings. The van der Waals surface area contributed by atoms with Crippen molar-refractivity contribution in [1.82, 2.24) is 25.1 Å². The zero-order valence-corrected chi connectivity index (χ0v) is 13.5. The Balaban J connectivity index is 1.39. The summed E-state index contributed by atoms with van der Waals surface area (Å²) in [7, 11) is 0. The largest absolute Gasteiger partial charge is 0.340 e. The van der Waals surface area contributed by atoms with E-state index in [1.165, 1.54) is 6.20 Å². The molecular formula is C17H20N6O. The molecule has 0 unspecified atom stereocenters. The van der Waals surface area contributed by atoms with Crippen LogP contribution in [0.5, 0.6) is 0 Å². The standard InChI is InChI=1S/C17H20N6O/c24-15(14-2-8-20-21-12-14)22-9-3-17(4-10-22)5-11-23(13-17)16-18-6-1-7-19-16/h1-2,6-8,12H,3-5,9-11,13H2. The quantitative estimate of drug-likeness (QED) is 0.831. The van der Waals surface area contributed by atoms with E-state index in [0.717, 1.165) is 51.4 Å². The first-order valence-corrected chi connectivity index (χ1v) is 8.34. The third-order valence-corrected chi connectivity index (χ3v) is 5.22. The summed E-state index contributed by atoms with van der Waals surface area (Å²) in [4.78, 5) is 25.4. The van der Waals surface area contributed by atoms with E-state index in [1.807, 2.05) is 11.0 Å². The first kappa shape index (κ1) is 15.0. The topological polar surface area (TPSA) is 75.1 Å². The van der Waals surface area contributed by atoms with E-state index in [4.69, 9.17) is 0 Å². The fourth-order valence-electron chi connectivity index (χ4n) is 3.75. The molecule has 0 radical (unpaired) electrons.